The van der Waals surface area contributed by atoms with Crippen molar-refractivity contribution in [3.63, 3.8) is 0 Å². The molecule has 2 aromatic rings. The highest BCUT2D eigenvalue weighted by molar-refractivity contribution is 5.79. The van der Waals surface area contributed by atoms with Crippen LogP contribution in [0.25, 0.3) is 0 Å². The molecule has 0 fully saturated rings. The molecule has 1 aromatic heterocycles. The first-order chi connectivity index (χ1) is 12.2. The van der Waals surface area contributed by atoms with E-state index in [0.717, 1.165) is 45.2 Å². The van der Waals surface area contributed by atoms with Gasteiger partial charge in [-0.15, -0.1) is 0 Å². The Hall–Kier alpha value is -2.50. The summed E-state index contributed by atoms with van der Waals surface area (Å²) in [6.07, 6.45) is 5.59. The number of guanidine groups is 1. The monoisotopic (exact) mass is 342 g/mol. The largest absolute Gasteiger partial charge is 0.370 e. The minimum absolute atomic E-state index is 0.752. The Morgan fingerprint density at radius 1 is 1.28 bits per heavy atom. The van der Waals surface area contributed by atoms with E-state index in [1.54, 1.807) is 6.20 Å². The Morgan fingerprint density at radius 2 is 2.16 bits per heavy atom. The number of hydrogen-bond acceptors (Lipinski definition) is 3. The standard InChI is InChI=1S/C19H30N6/c1-4-21-19(22-10-13-24-12-9-20-16-24)23-11-14-25(5-2)18-8-6-7-17(3)15-18/h6-9,12,15-16H,4-5,10-11,13-14H2,1-3H3,(H2,21,22,23). The number of benzene rings is 1. The molecule has 0 bridgehead atoms. The number of imidazole rings is 1. The van der Waals surface area contributed by atoms with Crippen molar-refractivity contribution in [1.29, 1.82) is 0 Å². The highest BCUT2D eigenvalue weighted by Crippen LogP contribution is 2.15. The molecule has 0 unspecified atom stereocenters. The molecular weight excluding hydrogens is 312 g/mol. The van der Waals surface area contributed by atoms with Crippen molar-refractivity contribution in [3.05, 3.63) is 48.5 Å². The van der Waals surface area contributed by atoms with Crippen LogP contribution in [0.2, 0.25) is 0 Å². The number of aromatic nitrogens is 2. The minimum Gasteiger partial charge on any atom is -0.370 e. The summed E-state index contributed by atoms with van der Waals surface area (Å²) in [6.45, 7) is 11.6. The molecule has 6 nitrogen and oxygen atoms in total. The minimum atomic E-state index is 0.752. The first kappa shape index (κ1) is 18.8. The average molecular weight is 342 g/mol. The van der Waals surface area contributed by atoms with Gasteiger partial charge in [-0.2, -0.15) is 0 Å². The number of hydrogen-bond donors (Lipinski definition) is 2. The zero-order valence-electron chi connectivity index (χ0n) is 15.6. The van der Waals surface area contributed by atoms with Crippen molar-refractivity contribution in [2.45, 2.75) is 27.3 Å². The molecule has 0 aliphatic rings. The van der Waals surface area contributed by atoms with Crippen molar-refractivity contribution in [1.82, 2.24) is 20.2 Å². The van der Waals surface area contributed by atoms with Crippen LogP contribution >= 0.6 is 0 Å². The number of aryl methyl sites for hydroxylation is 1. The smallest absolute Gasteiger partial charge is 0.191 e. The van der Waals surface area contributed by atoms with Crippen molar-refractivity contribution < 1.29 is 0 Å². The summed E-state index contributed by atoms with van der Waals surface area (Å²) < 4.78 is 2.05. The Kier molecular flexibility index (Phi) is 7.82. The molecule has 0 atom stereocenters. The van der Waals surface area contributed by atoms with Gasteiger partial charge in [-0.05, 0) is 38.5 Å². The Labute approximate surface area is 151 Å². The quantitative estimate of drug-likeness (QED) is 0.542. The van der Waals surface area contributed by atoms with Crippen molar-refractivity contribution in [3.8, 4) is 0 Å². The molecule has 0 aliphatic heterocycles. The summed E-state index contributed by atoms with van der Waals surface area (Å²) in [5, 5.41) is 6.67. The van der Waals surface area contributed by atoms with Gasteiger partial charge < -0.3 is 20.1 Å². The summed E-state index contributed by atoms with van der Waals surface area (Å²) in [6, 6.07) is 8.62. The number of aliphatic imine (C=N–C) groups is 1. The van der Waals surface area contributed by atoms with E-state index in [9.17, 15) is 0 Å². The maximum Gasteiger partial charge on any atom is 0.191 e. The van der Waals surface area contributed by atoms with Gasteiger partial charge in [0.05, 0.1) is 12.9 Å². The summed E-state index contributed by atoms with van der Waals surface area (Å²) in [5.41, 5.74) is 2.55. The van der Waals surface area contributed by atoms with Gasteiger partial charge in [-0.1, -0.05) is 12.1 Å². The number of nitrogens with one attached hydrogen (secondary N) is 2. The van der Waals surface area contributed by atoms with Gasteiger partial charge in [0, 0.05) is 50.8 Å². The molecule has 2 rings (SSSR count). The van der Waals surface area contributed by atoms with Crippen LogP contribution in [0, 0.1) is 6.92 Å². The van der Waals surface area contributed by atoms with E-state index >= 15 is 0 Å². The number of nitrogens with zero attached hydrogens (tertiary/aromatic N) is 4. The highest BCUT2D eigenvalue weighted by Gasteiger charge is 2.04. The summed E-state index contributed by atoms with van der Waals surface area (Å²) in [7, 11) is 0. The van der Waals surface area contributed by atoms with E-state index in [-0.39, 0.29) is 0 Å². The average Bonchev–Trinajstić information content (AvgIpc) is 3.12. The summed E-state index contributed by atoms with van der Waals surface area (Å²) >= 11 is 0. The normalized spacial score (nSPS) is 11.4. The molecule has 25 heavy (non-hydrogen) atoms. The van der Waals surface area contributed by atoms with Gasteiger partial charge in [0.2, 0.25) is 0 Å². The Morgan fingerprint density at radius 3 is 2.84 bits per heavy atom. The molecule has 0 saturated carbocycles. The van der Waals surface area contributed by atoms with E-state index in [2.05, 4.69) is 65.6 Å². The third-order valence-corrected chi connectivity index (χ3v) is 3.95. The second-order valence-electron chi connectivity index (χ2n) is 5.91. The molecule has 1 heterocycles. The third-order valence-electron chi connectivity index (χ3n) is 3.95. The van der Waals surface area contributed by atoms with Crippen LogP contribution in [-0.4, -0.2) is 48.2 Å². The van der Waals surface area contributed by atoms with Gasteiger partial charge >= 0.3 is 0 Å². The first-order valence-corrected chi connectivity index (χ1v) is 9.02. The molecule has 1 aromatic carbocycles. The van der Waals surface area contributed by atoms with Crippen LogP contribution in [0.1, 0.15) is 19.4 Å². The number of likely N-dealkylation sites (N-methyl/N-ethyl adjacent to an activating group) is 1. The predicted molar refractivity (Wildman–Crippen MR) is 105 cm³/mol. The fourth-order valence-electron chi connectivity index (χ4n) is 2.64. The molecule has 0 spiro atoms. The second-order valence-corrected chi connectivity index (χ2v) is 5.91. The molecule has 0 aliphatic carbocycles. The van der Waals surface area contributed by atoms with E-state index in [1.807, 2.05) is 17.1 Å². The van der Waals surface area contributed by atoms with Crippen LogP contribution in [0.15, 0.2) is 48.0 Å². The summed E-state index contributed by atoms with van der Waals surface area (Å²) in [5.74, 6) is 0.864. The van der Waals surface area contributed by atoms with E-state index < -0.39 is 0 Å². The van der Waals surface area contributed by atoms with Gasteiger partial charge in [-0.25, -0.2) is 4.98 Å². The lowest BCUT2D eigenvalue weighted by Gasteiger charge is -2.23. The third kappa shape index (κ3) is 6.49. The zero-order valence-corrected chi connectivity index (χ0v) is 15.6. The van der Waals surface area contributed by atoms with Crippen molar-refractivity contribution >= 4 is 11.6 Å². The molecule has 0 amide bonds. The fraction of sp³-hybridized carbons (Fsp3) is 0.474. The van der Waals surface area contributed by atoms with Gasteiger partial charge in [-0.3, -0.25) is 4.99 Å². The SMILES string of the molecule is CCNC(=NCCN(CC)c1cccc(C)c1)NCCn1ccnc1. The molecule has 0 radical (unpaired) electrons. The van der Waals surface area contributed by atoms with Crippen molar-refractivity contribution in [2.24, 2.45) is 4.99 Å². The number of rotatable bonds is 9. The van der Waals surface area contributed by atoms with Crippen LogP contribution in [0.3, 0.4) is 0 Å². The van der Waals surface area contributed by atoms with Crippen molar-refractivity contribution in [2.75, 3.05) is 37.6 Å². The number of anilines is 1. The van der Waals surface area contributed by atoms with E-state index in [4.69, 9.17) is 4.99 Å². The van der Waals surface area contributed by atoms with Crippen LogP contribution in [0.5, 0.6) is 0 Å². The zero-order chi connectivity index (χ0) is 17.9. The molecule has 6 heteroatoms. The van der Waals surface area contributed by atoms with Gasteiger partial charge in [0.25, 0.3) is 0 Å². The van der Waals surface area contributed by atoms with Crippen LogP contribution in [-0.2, 0) is 6.54 Å². The van der Waals surface area contributed by atoms with Gasteiger partial charge in [0.1, 0.15) is 0 Å². The predicted octanol–water partition coefficient (Wildman–Crippen LogP) is 2.27. The van der Waals surface area contributed by atoms with Crippen LogP contribution in [0.4, 0.5) is 5.69 Å². The molecule has 2 N–H and O–H groups in total. The highest BCUT2D eigenvalue weighted by atomic mass is 15.2. The van der Waals surface area contributed by atoms with Crippen LogP contribution < -0.4 is 15.5 Å². The molecular formula is C19H30N6. The lowest BCUT2D eigenvalue weighted by molar-refractivity contribution is 0.661. The Bertz CT molecular complexity index is 635. The lowest BCUT2D eigenvalue weighted by Crippen LogP contribution is -2.39. The van der Waals surface area contributed by atoms with E-state index in [1.165, 1.54) is 11.3 Å². The molecule has 0 saturated heterocycles. The lowest BCUT2D eigenvalue weighted by atomic mass is 10.2. The summed E-state index contributed by atoms with van der Waals surface area (Å²) in [4.78, 5) is 11.1. The van der Waals surface area contributed by atoms with E-state index in [0.29, 0.717) is 0 Å². The first-order valence-electron chi connectivity index (χ1n) is 9.02. The maximum absolute atomic E-state index is 4.70. The fourth-order valence-corrected chi connectivity index (χ4v) is 2.64. The topological polar surface area (TPSA) is 57.5 Å². The second kappa shape index (κ2) is 10.4. The Balaban J connectivity index is 1.84. The maximum atomic E-state index is 4.70. The molecule has 136 valence electrons. The van der Waals surface area contributed by atoms with Gasteiger partial charge in [0.15, 0.2) is 5.96 Å².